The SMILES string of the molecule is Cc1ccc2nc(Nc3ncnc(Nc4cccc5nc(C)ccc45)c3N)sc2c1. The Morgan fingerprint density at radius 2 is 1.70 bits per heavy atom. The van der Waals surface area contributed by atoms with Crippen molar-refractivity contribution in [1.29, 1.82) is 0 Å². The number of nitrogen functional groups attached to an aromatic ring is 1. The molecule has 0 radical (unpaired) electrons. The summed E-state index contributed by atoms with van der Waals surface area (Å²) >= 11 is 1.56. The molecule has 4 N–H and O–H groups in total. The van der Waals surface area contributed by atoms with E-state index in [4.69, 9.17) is 5.73 Å². The van der Waals surface area contributed by atoms with Gasteiger partial charge in [-0.05, 0) is 55.8 Å². The van der Waals surface area contributed by atoms with E-state index in [2.05, 4.69) is 43.6 Å². The van der Waals surface area contributed by atoms with Gasteiger partial charge in [0.15, 0.2) is 16.8 Å². The molecule has 5 rings (SSSR count). The zero-order valence-electron chi connectivity index (χ0n) is 16.5. The van der Waals surface area contributed by atoms with Crippen molar-refractivity contribution < 1.29 is 0 Å². The number of aryl methyl sites for hydroxylation is 2. The summed E-state index contributed by atoms with van der Waals surface area (Å²) in [7, 11) is 0. The first-order valence-corrected chi connectivity index (χ1v) is 10.3. The Morgan fingerprint density at radius 3 is 2.57 bits per heavy atom. The first-order chi connectivity index (χ1) is 14.6. The number of nitrogens with one attached hydrogen (secondary N) is 2. The zero-order valence-corrected chi connectivity index (χ0v) is 17.3. The predicted molar refractivity (Wildman–Crippen MR) is 124 cm³/mol. The number of rotatable bonds is 4. The van der Waals surface area contributed by atoms with Crippen LogP contribution in [0, 0.1) is 13.8 Å². The lowest BCUT2D eigenvalue weighted by atomic mass is 10.1. The van der Waals surface area contributed by atoms with E-state index in [1.807, 2.05) is 49.4 Å². The van der Waals surface area contributed by atoms with Gasteiger partial charge in [-0.15, -0.1) is 0 Å². The topological polar surface area (TPSA) is 102 Å². The van der Waals surface area contributed by atoms with Crippen LogP contribution in [-0.2, 0) is 0 Å². The molecule has 30 heavy (non-hydrogen) atoms. The van der Waals surface area contributed by atoms with Gasteiger partial charge in [0, 0.05) is 16.8 Å². The minimum Gasteiger partial charge on any atom is -0.393 e. The van der Waals surface area contributed by atoms with Gasteiger partial charge in [-0.2, -0.15) is 0 Å². The maximum absolute atomic E-state index is 6.38. The molecule has 8 heteroatoms. The van der Waals surface area contributed by atoms with E-state index in [0.29, 0.717) is 17.3 Å². The lowest BCUT2D eigenvalue weighted by Gasteiger charge is -2.13. The molecule has 0 saturated heterocycles. The summed E-state index contributed by atoms with van der Waals surface area (Å²) in [6, 6.07) is 16.1. The lowest BCUT2D eigenvalue weighted by molar-refractivity contribution is 1.17. The number of pyridine rings is 1. The maximum Gasteiger partial charge on any atom is 0.189 e. The fraction of sp³-hybridized carbons (Fsp3) is 0.0909. The molecule has 2 aromatic carbocycles. The number of hydrogen-bond acceptors (Lipinski definition) is 8. The van der Waals surface area contributed by atoms with Gasteiger partial charge in [0.25, 0.3) is 0 Å². The Bertz CT molecular complexity index is 1390. The molecule has 0 fully saturated rings. The van der Waals surface area contributed by atoms with Gasteiger partial charge >= 0.3 is 0 Å². The van der Waals surface area contributed by atoms with Crippen LogP contribution in [0.15, 0.2) is 54.9 Å². The van der Waals surface area contributed by atoms with Crippen LogP contribution in [0.3, 0.4) is 0 Å². The van der Waals surface area contributed by atoms with Crippen LogP contribution >= 0.6 is 11.3 Å². The molecule has 0 aliphatic rings. The van der Waals surface area contributed by atoms with Gasteiger partial charge in [-0.3, -0.25) is 4.98 Å². The Morgan fingerprint density at radius 1 is 0.867 bits per heavy atom. The minimum absolute atomic E-state index is 0.421. The largest absolute Gasteiger partial charge is 0.393 e. The van der Waals surface area contributed by atoms with Crippen LogP contribution in [-0.4, -0.2) is 19.9 Å². The van der Waals surface area contributed by atoms with E-state index in [9.17, 15) is 0 Å². The van der Waals surface area contributed by atoms with E-state index in [1.54, 1.807) is 11.3 Å². The van der Waals surface area contributed by atoms with E-state index >= 15 is 0 Å². The second-order valence-electron chi connectivity index (χ2n) is 7.05. The predicted octanol–water partition coefficient (Wildman–Crippen LogP) is 5.32. The summed E-state index contributed by atoms with van der Waals surface area (Å²) in [5.41, 5.74) is 11.7. The van der Waals surface area contributed by atoms with Crippen LogP contribution < -0.4 is 16.4 Å². The molecule has 0 amide bonds. The Kier molecular flexibility index (Phi) is 4.40. The first kappa shape index (κ1) is 18.3. The van der Waals surface area contributed by atoms with E-state index < -0.39 is 0 Å². The van der Waals surface area contributed by atoms with Crippen molar-refractivity contribution in [3.63, 3.8) is 0 Å². The highest BCUT2D eigenvalue weighted by atomic mass is 32.1. The van der Waals surface area contributed by atoms with E-state index in [0.717, 1.165) is 37.6 Å². The average molecular weight is 414 g/mol. The second kappa shape index (κ2) is 7.23. The number of hydrogen-bond donors (Lipinski definition) is 3. The fourth-order valence-electron chi connectivity index (χ4n) is 3.27. The molecule has 0 unspecified atom stereocenters. The normalized spacial score (nSPS) is 11.1. The van der Waals surface area contributed by atoms with Crippen molar-refractivity contribution >= 4 is 60.6 Å². The van der Waals surface area contributed by atoms with Gasteiger partial charge in [0.05, 0.1) is 15.7 Å². The summed E-state index contributed by atoms with van der Waals surface area (Å²) in [5.74, 6) is 1.04. The van der Waals surface area contributed by atoms with Gasteiger partial charge < -0.3 is 16.4 Å². The highest BCUT2D eigenvalue weighted by Gasteiger charge is 2.12. The standard InChI is InChI=1S/C22H19N7S/c1-12-6-9-17-18(10-12)30-22(28-17)29-21-19(23)20(24-11-25-21)27-16-5-3-4-15-14(16)8-7-13(2)26-15/h3-11H,23H2,1-2H3,(H2,24,25,27,28,29). The van der Waals surface area contributed by atoms with Crippen molar-refractivity contribution in [1.82, 2.24) is 19.9 Å². The molecule has 148 valence electrons. The number of aromatic nitrogens is 4. The van der Waals surface area contributed by atoms with Gasteiger partial charge in [0.2, 0.25) is 0 Å². The number of fused-ring (bicyclic) bond motifs is 2. The quantitative estimate of drug-likeness (QED) is 0.366. The molecule has 0 spiro atoms. The Hall–Kier alpha value is -3.78. The fourth-order valence-corrected chi connectivity index (χ4v) is 4.24. The Labute approximate surface area is 177 Å². The highest BCUT2D eigenvalue weighted by molar-refractivity contribution is 7.22. The smallest absolute Gasteiger partial charge is 0.189 e. The first-order valence-electron chi connectivity index (χ1n) is 9.45. The van der Waals surface area contributed by atoms with Gasteiger partial charge in [-0.1, -0.05) is 23.5 Å². The second-order valence-corrected chi connectivity index (χ2v) is 8.08. The highest BCUT2D eigenvalue weighted by Crippen LogP contribution is 2.33. The maximum atomic E-state index is 6.38. The van der Waals surface area contributed by atoms with Crippen LogP contribution in [0.1, 0.15) is 11.3 Å². The molecule has 3 heterocycles. The number of thiazole rings is 1. The number of nitrogens with two attached hydrogens (primary N) is 1. The third kappa shape index (κ3) is 3.37. The van der Waals surface area contributed by atoms with Crippen molar-refractivity contribution in [3.05, 3.63) is 66.1 Å². The third-order valence-corrected chi connectivity index (χ3v) is 5.71. The molecule has 5 aromatic rings. The molecule has 0 aliphatic heterocycles. The monoisotopic (exact) mass is 413 g/mol. The zero-order chi connectivity index (χ0) is 20.7. The number of anilines is 5. The molecule has 3 aromatic heterocycles. The minimum atomic E-state index is 0.421. The average Bonchev–Trinajstić information content (AvgIpc) is 3.12. The summed E-state index contributed by atoms with van der Waals surface area (Å²) in [6.07, 6.45) is 1.48. The molecular weight excluding hydrogens is 394 g/mol. The van der Waals surface area contributed by atoms with Crippen molar-refractivity contribution in [2.75, 3.05) is 16.4 Å². The molecule has 0 saturated carbocycles. The van der Waals surface area contributed by atoms with Crippen LogP contribution in [0.4, 0.5) is 28.1 Å². The molecule has 0 aliphatic carbocycles. The van der Waals surface area contributed by atoms with E-state index in [1.165, 1.54) is 11.9 Å². The third-order valence-electron chi connectivity index (χ3n) is 4.78. The summed E-state index contributed by atoms with van der Waals surface area (Å²) in [5, 5.41) is 8.28. The summed E-state index contributed by atoms with van der Waals surface area (Å²) in [4.78, 5) is 17.8. The van der Waals surface area contributed by atoms with Crippen LogP contribution in [0.2, 0.25) is 0 Å². The van der Waals surface area contributed by atoms with E-state index in [-0.39, 0.29) is 0 Å². The van der Waals surface area contributed by atoms with Gasteiger partial charge in [0.1, 0.15) is 12.0 Å². The molecule has 0 bridgehead atoms. The molecule has 7 nitrogen and oxygen atoms in total. The summed E-state index contributed by atoms with van der Waals surface area (Å²) in [6.45, 7) is 4.04. The van der Waals surface area contributed by atoms with Crippen LogP contribution in [0.5, 0.6) is 0 Å². The summed E-state index contributed by atoms with van der Waals surface area (Å²) < 4.78 is 1.11. The van der Waals surface area contributed by atoms with Gasteiger partial charge in [-0.25, -0.2) is 15.0 Å². The lowest BCUT2D eigenvalue weighted by Crippen LogP contribution is -2.05. The number of benzene rings is 2. The molecular formula is C22H19N7S. The molecule has 0 atom stereocenters. The number of nitrogens with zero attached hydrogens (tertiary/aromatic N) is 4. The van der Waals surface area contributed by atoms with Crippen molar-refractivity contribution in [2.24, 2.45) is 0 Å². The van der Waals surface area contributed by atoms with Crippen molar-refractivity contribution in [3.8, 4) is 0 Å². The van der Waals surface area contributed by atoms with Crippen molar-refractivity contribution in [2.45, 2.75) is 13.8 Å². The van der Waals surface area contributed by atoms with Crippen LogP contribution in [0.25, 0.3) is 21.1 Å². The Balaban J connectivity index is 1.47.